The summed E-state index contributed by atoms with van der Waals surface area (Å²) in [6, 6.07) is 3.70. The number of ether oxygens (including phenoxy) is 1. The maximum absolute atomic E-state index is 11.9. The number of amides is 1. The number of hydrogen-bond acceptors (Lipinski definition) is 3. The lowest BCUT2D eigenvalue weighted by atomic mass is 9.91. The Morgan fingerprint density at radius 2 is 2.53 bits per heavy atom. The van der Waals surface area contributed by atoms with Crippen molar-refractivity contribution in [3.63, 3.8) is 0 Å². The van der Waals surface area contributed by atoms with Gasteiger partial charge >= 0.3 is 0 Å². The van der Waals surface area contributed by atoms with Crippen molar-refractivity contribution in [3.8, 4) is 0 Å². The molecule has 1 amide bonds. The first-order valence-corrected chi connectivity index (χ1v) is 5.06. The van der Waals surface area contributed by atoms with Crippen molar-refractivity contribution in [1.29, 1.82) is 0 Å². The molecule has 4 heteroatoms. The van der Waals surface area contributed by atoms with Gasteiger partial charge in [-0.3, -0.25) is 9.78 Å². The van der Waals surface area contributed by atoms with Crippen LogP contribution in [0.15, 0.2) is 24.5 Å². The molecule has 1 aromatic heterocycles. The lowest BCUT2D eigenvalue weighted by molar-refractivity contribution is -0.142. The van der Waals surface area contributed by atoms with Crippen LogP contribution in [0.2, 0.25) is 0 Å². The summed E-state index contributed by atoms with van der Waals surface area (Å²) in [6.45, 7) is 0.627. The zero-order valence-corrected chi connectivity index (χ0v) is 8.69. The van der Waals surface area contributed by atoms with Gasteiger partial charge in [-0.25, -0.2) is 0 Å². The summed E-state index contributed by atoms with van der Waals surface area (Å²) >= 11 is 0. The smallest absolute Gasteiger partial charge is 0.256 e. The third-order valence-electron chi connectivity index (χ3n) is 2.74. The van der Waals surface area contributed by atoms with Gasteiger partial charge in [-0.05, 0) is 18.9 Å². The van der Waals surface area contributed by atoms with E-state index in [9.17, 15) is 4.79 Å². The fraction of sp³-hybridized carbons (Fsp3) is 0.455. The number of likely N-dealkylation sites (N-methyl/N-ethyl adjacent to an activating group) is 1. The highest BCUT2D eigenvalue weighted by Crippen LogP contribution is 2.35. The van der Waals surface area contributed by atoms with Crippen LogP contribution in [0, 0.1) is 0 Å². The number of aromatic nitrogens is 1. The molecule has 4 nitrogen and oxygen atoms in total. The number of carbonyl (C=O) groups is 1. The minimum Gasteiger partial charge on any atom is -0.360 e. The first-order chi connectivity index (χ1) is 7.29. The molecule has 1 N–H and O–H groups in total. The van der Waals surface area contributed by atoms with Crippen molar-refractivity contribution in [2.75, 3.05) is 13.7 Å². The number of nitrogens with zero attached hydrogens (tertiary/aromatic N) is 1. The fourth-order valence-electron chi connectivity index (χ4n) is 1.98. The third-order valence-corrected chi connectivity index (χ3v) is 2.74. The highest BCUT2D eigenvalue weighted by atomic mass is 16.5. The molecular weight excluding hydrogens is 192 g/mol. The Kier molecular flexibility index (Phi) is 2.68. The number of hydrogen-bond donors (Lipinski definition) is 1. The van der Waals surface area contributed by atoms with E-state index >= 15 is 0 Å². The van der Waals surface area contributed by atoms with Crippen LogP contribution < -0.4 is 5.32 Å². The molecule has 1 fully saturated rings. The fourth-order valence-corrected chi connectivity index (χ4v) is 1.98. The zero-order valence-electron chi connectivity index (χ0n) is 8.69. The van der Waals surface area contributed by atoms with Gasteiger partial charge in [-0.1, -0.05) is 6.07 Å². The Morgan fingerprint density at radius 1 is 1.67 bits per heavy atom. The quantitative estimate of drug-likeness (QED) is 0.779. The van der Waals surface area contributed by atoms with E-state index in [1.54, 1.807) is 19.4 Å². The van der Waals surface area contributed by atoms with E-state index in [2.05, 4.69) is 10.3 Å². The second kappa shape index (κ2) is 3.98. The predicted molar refractivity (Wildman–Crippen MR) is 55.2 cm³/mol. The topological polar surface area (TPSA) is 51.2 Å². The van der Waals surface area contributed by atoms with Crippen molar-refractivity contribution in [2.24, 2.45) is 0 Å². The Balaban J connectivity index is 2.39. The molecule has 2 heterocycles. The van der Waals surface area contributed by atoms with Gasteiger partial charge in [0.1, 0.15) is 0 Å². The van der Waals surface area contributed by atoms with Crippen LogP contribution in [0.25, 0.3) is 0 Å². The lowest BCUT2D eigenvalue weighted by Gasteiger charge is -2.26. The van der Waals surface area contributed by atoms with E-state index in [4.69, 9.17) is 4.74 Å². The Morgan fingerprint density at radius 3 is 3.07 bits per heavy atom. The minimum atomic E-state index is -0.816. The molecule has 1 aliphatic heterocycles. The number of carbonyl (C=O) groups excluding carboxylic acids is 1. The molecule has 0 aliphatic carbocycles. The van der Waals surface area contributed by atoms with Crippen LogP contribution in [-0.2, 0) is 15.1 Å². The Labute approximate surface area is 88.7 Å². The van der Waals surface area contributed by atoms with Crippen molar-refractivity contribution in [1.82, 2.24) is 10.3 Å². The zero-order chi connectivity index (χ0) is 10.7. The van der Waals surface area contributed by atoms with E-state index in [0.29, 0.717) is 6.61 Å². The maximum atomic E-state index is 11.9. The van der Waals surface area contributed by atoms with Crippen LogP contribution in [0.1, 0.15) is 18.4 Å². The molecule has 1 saturated heterocycles. The van der Waals surface area contributed by atoms with E-state index in [1.165, 1.54) is 0 Å². The van der Waals surface area contributed by atoms with E-state index in [1.807, 2.05) is 12.1 Å². The molecule has 0 aromatic carbocycles. The van der Waals surface area contributed by atoms with Crippen molar-refractivity contribution in [2.45, 2.75) is 18.4 Å². The molecule has 2 rings (SSSR count). The van der Waals surface area contributed by atoms with Gasteiger partial charge in [-0.15, -0.1) is 0 Å². The predicted octanol–water partition coefficient (Wildman–Crippen LogP) is 0.833. The van der Waals surface area contributed by atoms with Gasteiger partial charge in [0, 0.05) is 31.6 Å². The van der Waals surface area contributed by atoms with Crippen molar-refractivity contribution >= 4 is 5.91 Å². The summed E-state index contributed by atoms with van der Waals surface area (Å²) in [5.41, 5.74) is 0.0186. The summed E-state index contributed by atoms with van der Waals surface area (Å²) in [5, 5.41) is 2.65. The molecule has 0 spiro atoms. The van der Waals surface area contributed by atoms with Gasteiger partial charge in [-0.2, -0.15) is 0 Å². The highest BCUT2D eigenvalue weighted by molar-refractivity contribution is 5.86. The van der Waals surface area contributed by atoms with Crippen molar-refractivity contribution < 1.29 is 9.53 Å². The van der Waals surface area contributed by atoms with Crippen molar-refractivity contribution in [3.05, 3.63) is 30.1 Å². The summed E-state index contributed by atoms with van der Waals surface area (Å²) in [6.07, 6.45) is 5.01. The average Bonchev–Trinajstić information content (AvgIpc) is 2.79. The first-order valence-electron chi connectivity index (χ1n) is 5.06. The van der Waals surface area contributed by atoms with Gasteiger partial charge in [0.25, 0.3) is 5.91 Å². The van der Waals surface area contributed by atoms with Gasteiger partial charge < -0.3 is 10.1 Å². The SMILES string of the molecule is CNC(=O)C1(c2cccnc2)CCCO1. The monoisotopic (exact) mass is 206 g/mol. The molecule has 0 bridgehead atoms. The number of nitrogens with one attached hydrogen (secondary N) is 1. The van der Waals surface area contributed by atoms with Crippen LogP contribution >= 0.6 is 0 Å². The first kappa shape index (κ1) is 10.1. The minimum absolute atomic E-state index is 0.0898. The Hall–Kier alpha value is -1.42. The lowest BCUT2D eigenvalue weighted by Crippen LogP contribution is -2.42. The van der Waals surface area contributed by atoms with Gasteiger partial charge in [0.05, 0.1) is 0 Å². The summed E-state index contributed by atoms with van der Waals surface area (Å²) in [4.78, 5) is 15.9. The standard InChI is InChI=1S/C11H14N2O2/c1-12-10(14)11(5-3-7-15-11)9-4-2-6-13-8-9/h2,4,6,8H,3,5,7H2,1H3,(H,12,14). The van der Waals surface area contributed by atoms with Crippen LogP contribution in [-0.4, -0.2) is 24.5 Å². The van der Waals surface area contributed by atoms with Gasteiger partial charge in [0.15, 0.2) is 5.60 Å². The van der Waals surface area contributed by atoms with Crippen LogP contribution in [0.3, 0.4) is 0 Å². The largest absolute Gasteiger partial charge is 0.360 e. The second-order valence-electron chi connectivity index (χ2n) is 3.60. The summed E-state index contributed by atoms with van der Waals surface area (Å²) in [7, 11) is 1.63. The maximum Gasteiger partial charge on any atom is 0.256 e. The van der Waals surface area contributed by atoms with E-state index in [0.717, 1.165) is 18.4 Å². The van der Waals surface area contributed by atoms with Gasteiger partial charge in [0.2, 0.25) is 0 Å². The number of pyridine rings is 1. The highest BCUT2D eigenvalue weighted by Gasteiger charge is 2.43. The molecule has 80 valence electrons. The molecule has 0 radical (unpaired) electrons. The molecule has 1 unspecified atom stereocenters. The summed E-state index contributed by atoms with van der Waals surface area (Å²) in [5.74, 6) is -0.0898. The second-order valence-corrected chi connectivity index (χ2v) is 3.60. The third kappa shape index (κ3) is 1.61. The normalized spacial score (nSPS) is 25.1. The van der Waals surface area contributed by atoms with E-state index < -0.39 is 5.60 Å². The average molecular weight is 206 g/mol. The van der Waals surface area contributed by atoms with Crippen LogP contribution in [0.4, 0.5) is 0 Å². The molecule has 0 saturated carbocycles. The number of rotatable bonds is 2. The molecule has 1 aromatic rings. The molecule has 1 aliphatic rings. The Bertz CT molecular complexity index is 345. The molecule has 15 heavy (non-hydrogen) atoms. The molecule has 1 atom stereocenters. The van der Waals surface area contributed by atoms with E-state index in [-0.39, 0.29) is 5.91 Å². The summed E-state index contributed by atoms with van der Waals surface area (Å²) < 4.78 is 5.63. The van der Waals surface area contributed by atoms with Crippen LogP contribution in [0.5, 0.6) is 0 Å². The molecular formula is C11H14N2O2.